The Hall–Kier alpha value is -0.650. The molecule has 0 bridgehead atoms. The zero-order valence-corrected chi connectivity index (χ0v) is 9.19. The Balaban J connectivity index is 0. The van der Waals surface area contributed by atoms with E-state index in [1.165, 1.54) is 12.0 Å². The maximum Gasteiger partial charge on any atom is 0.248 e. The van der Waals surface area contributed by atoms with E-state index in [2.05, 4.69) is 4.74 Å². The van der Waals surface area contributed by atoms with Gasteiger partial charge in [-0.15, -0.1) is 0 Å². The van der Waals surface area contributed by atoms with Crippen molar-refractivity contribution in [2.75, 3.05) is 40.0 Å². The number of amides is 1. The van der Waals surface area contributed by atoms with Gasteiger partial charge in [-0.3, -0.25) is 4.79 Å². The van der Waals surface area contributed by atoms with Gasteiger partial charge < -0.3 is 19.8 Å². The van der Waals surface area contributed by atoms with Crippen LogP contribution in [0.2, 0.25) is 0 Å². The molecule has 0 heterocycles. The topological polar surface area (TPSA) is 70.0 Å². The Morgan fingerprint density at radius 1 is 1.21 bits per heavy atom. The first kappa shape index (κ1) is 15.8. The summed E-state index contributed by atoms with van der Waals surface area (Å²) in [4.78, 5) is 12.5. The highest BCUT2D eigenvalue weighted by molar-refractivity contribution is 5.77. The minimum Gasteiger partial charge on any atom is -0.395 e. The van der Waals surface area contributed by atoms with E-state index in [4.69, 9.17) is 10.2 Å². The van der Waals surface area contributed by atoms with E-state index in [0.29, 0.717) is 0 Å². The highest BCUT2D eigenvalue weighted by atomic mass is 16.5. The average Bonchev–Trinajstić information content (AvgIpc) is 2.21. The molecule has 0 aromatic rings. The van der Waals surface area contributed by atoms with Crippen molar-refractivity contribution in [3.05, 3.63) is 0 Å². The lowest BCUT2D eigenvalue weighted by Crippen LogP contribution is -2.38. The summed E-state index contributed by atoms with van der Waals surface area (Å²) >= 11 is 0. The molecule has 86 valence electrons. The fourth-order valence-corrected chi connectivity index (χ4v) is 0.817. The van der Waals surface area contributed by atoms with Gasteiger partial charge in [0, 0.05) is 20.2 Å². The van der Waals surface area contributed by atoms with Gasteiger partial charge >= 0.3 is 0 Å². The molecule has 0 radical (unpaired) electrons. The van der Waals surface area contributed by atoms with Crippen LogP contribution >= 0.6 is 0 Å². The van der Waals surface area contributed by atoms with Crippen molar-refractivity contribution >= 4 is 5.91 Å². The molecule has 0 aromatic carbocycles. The molecule has 0 saturated carbocycles. The molecule has 0 aliphatic rings. The summed E-state index contributed by atoms with van der Waals surface area (Å²) in [5.74, 6) is -0.222. The van der Waals surface area contributed by atoms with Crippen molar-refractivity contribution in [1.29, 1.82) is 0 Å². The third-order valence-corrected chi connectivity index (χ3v) is 1.36. The summed E-state index contributed by atoms with van der Waals surface area (Å²) in [6.07, 6.45) is 0. The van der Waals surface area contributed by atoms with Gasteiger partial charge in [-0.05, 0) is 0 Å². The molecule has 0 aromatic heterocycles. The van der Waals surface area contributed by atoms with Crippen LogP contribution in [0.1, 0.15) is 13.8 Å². The summed E-state index contributed by atoms with van der Waals surface area (Å²) in [7, 11) is 1.42. The Bertz CT molecular complexity index is 124. The van der Waals surface area contributed by atoms with Crippen LogP contribution in [0.5, 0.6) is 0 Å². The van der Waals surface area contributed by atoms with Crippen molar-refractivity contribution in [3.8, 4) is 0 Å². The molecule has 5 heteroatoms. The van der Waals surface area contributed by atoms with E-state index >= 15 is 0 Å². The number of hydrogen-bond donors (Lipinski definition) is 2. The van der Waals surface area contributed by atoms with Crippen LogP contribution in [-0.4, -0.2) is 61.0 Å². The molecular formula is C9H21NO4. The fourth-order valence-electron chi connectivity index (χ4n) is 0.817. The van der Waals surface area contributed by atoms with Gasteiger partial charge in [0.2, 0.25) is 5.91 Å². The first-order chi connectivity index (χ1) is 6.76. The minimum absolute atomic E-state index is 0.0139. The van der Waals surface area contributed by atoms with E-state index in [-0.39, 0.29) is 38.8 Å². The molecule has 0 unspecified atom stereocenters. The molecule has 0 saturated heterocycles. The lowest BCUT2D eigenvalue weighted by atomic mass is 10.4. The molecule has 0 spiro atoms. The van der Waals surface area contributed by atoms with Gasteiger partial charge in [0.1, 0.15) is 6.61 Å². The van der Waals surface area contributed by atoms with Crippen molar-refractivity contribution in [3.63, 3.8) is 0 Å². The maximum absolute atomic E-state index is 11.1. The largest absolute Gasteiger partial charge is 0.395 e. The summed E-state index contributed by atoms with van der Waals surface area (Å²) in [6.45, 7) is 4.26. The normalized spacial score (nSPS) is 8.93. The molecule has 0 aliphatic heterocycles. The number of rotatable bonds is 6. The fraction of sp³-hybridized carbons (Fsp3) is 0.889. The van der Waals surface area contributed by atoms with Crippen molar-refractivity contribution in [1.82, 2.24) is 4.90 Å². The number of hydrogen-bond acceptors (Lipinski definition) is 4. The smallest absolute Gasteiger partial charge is 0.248 e. The third-order valence-electron chi connectivity index (χ3n) is 1.36. The van der Waals surface area contributed by atoms with Crippen LogP contribution in [-0.2, 0) is 9.53 Å². The zero-order valence-electron chi connectivity index (χ0n) is 9.19. The van der Waals surface area contributed by atoms with Gasteiger partial charge in [-0.25, -0.2) is 0 Å². The predicted molar refractivity (Wildman–Crippen MR) is 54.0 cm³/mol. The molecule has 0 fully saturated rings. The Kier molecular flexibility index (Phi) is 13.9. The number of methoxy groups -OCH3 is 1. The van der Waals surface area contributed by atoms with Crippen LogP contribution in [0, 0.1) is 0 Å². The molecule has 0 atom stereocenters. The SMILES string of the molecule is CC.COCC(=O)N(CCO)CCO. The van der Waals surface area contributed by atoms with E-state index in [1.54, 1.807) is 0 Å². The molecule has 5 nitrogen and oxygen atoms in total. The van der Waals surface area contributed by atoms with E-state index in [9.17, 15) is 4.79 Å². The lowest BCUT2D eigenvalue weighted by molar-refractivity contribution is -0.136. The molecule has 0 rings (SSSR count). The van der Waals surface area contributed by atoms with Gasteiger partial charge in [0.15, 0.2) is 0 Å². The van der Waals surface area contributed by atoms with Crippen molar-refractivity contribution in [2.24, 2.45) is 0 Å². The van der Waals surface area contributed by atoms with Crippen molar-refractivity contribution in [2.45, 2.75) is 13.8 Å². The Morgan fingerprint density at radius 2 is 1.64 bits per heavy atom. The Labute approximate surface area is 85.3 Å². The summed E-state index contributed by atoms with van der Waals surface area (Å²) in [5.41, 5.74) is 0. The predicted octanol–water partition coefficient (Wildman–Crippen LogP) is -0.528. The van der Waals surface area contributed by atoms with E-state index < -0.39 is 0 Å². The summed E-state index contributed by atoms with van der Waals surface area (Å²) in [5, 5.41) is 17.1. The summed E-state index contributed by atoms with van der Waals surface area (Å²) in [6, 6.07) is 0. The van der Waals surface area contributed by atoms with Gasteiger partial charge in [0.25, 0.3) is 0 Å². The second-order valence-corrected chi connectivity index (χ2v) is 2.26. The lowest BCUT2D eigenvalue weighted by Gasteiger charge is -2.19. The molecule has 1 amide bonds. The molecule has 0 aliphatic carbocycles. The standard InChI is InChI=1S/C7H15NO4.C2H6/c1-12-6-7(11)8(2-4-9)3-5-10;1-2/h9-10H,2-6H2,1H3;1-2H3. The van der Waals surface area contributed by atoms with Crippen LogP contribution in [0.3, 0.4) is 0 Å². The number of aliphatic hydroxyl groups excluding tert-OH is 2. The molecule has 2 N–H and O–H groups in total. The molecule has 14 heavy (non-hydrogen) atoms. The van der Waals surface area contributed by atoms with Crippen molar-refractivity contribution < 1.29 is 19.7 Å². The van der Waals surface area contributed by atoms with Gasteiger partial charge in [0.05, 0.1) is 13.2 Å². The monoisotopic (exact) mass is 207 g/mol. The number of nitrogens with zero attached hydrogens (tertiary/aromatic N) is 1. The van der Waals surface area contributed by atoms with Gasteiger partial charge in [-0.2, -0.15) is 0 Å². The Morgan fingerprint density at radius 3 is 1.93 bits per heavy atom. The number of carbonyl (C=O) groups is 1. The van der Waals surface area contributed by atoms with Crippen LogP contribution in [0.25, 0.3) is 0 Å². The first-order valence-electron chi connectivity index (χ1n) is 4.74. The number of aliphatic hydroxyl groups is 2. The highest BCUT2D eigenvalue weighted by Gasteiger charge is 2.10. The quantitative estimate of drug-likeness (QED) is 0.614. The number of carbonyl (C=O) groups excluding carboxylic acids is 1. The van der Waals surface area contributed by atoms with E-state index in [0.717, 1.165) is 0 Å². The maximum atomic E-state index is 11.1. The second kappa shape index (κ2) is 12.3. The average molecular weight is 207 g/mol. The van der Waals surface area contributed by atoms with Gasteiger partial charge in [-0.1, -0.05) is 13.8 Å². The second-order valence-electron chi connectivity index (χ2n) is 2.26. The van der Waals surface area contributed by atoms with E-state index in [1.807, 2.05) is 13.8 Å². The summed E-state index contributed by atoms with van der Waals surface area (Å²) < 4.78 is 4.62. The third kappa shape index (κ3) is 7.97. The van der Waals surface area contributed by atoms with Crippen LogP contribution < -0.4 is 0 Å². The van der Waals surface area contributed by atoms with Crippen LogP contribution in [0.15, 0.2) is 0 Å². The zero-order chi connectivity index (χ0) is 11.4. The minimum atomic E-state index is -0.222. The number of ether oxygens (including phenoxy) is 1. The van der Waals surface area contributed by atoms with Crippen LogP contribution in [0.4, 0.5) is 0 Å². The highest BCUT2D eigenvalue weighted by Crippen LogP contribution is 1.89. The molecular weight excluding hydrogens is 186 g/mol. The first-order valence-corrected chi connectivity index (χ1v) is 4.74.